The lowest BCUT2D eigenvalue weighted by Gasteiger charge is -2.21. The Kier molecular flexibility index (Phi) is 5.13. The van der Waals surface area contributed by atoms with E-state index < -0.39 is 0 Å². The van der Waals surface area contributed by atoms with Crippen LogP contribution in [0.4, 0.5) is 0 Å². The van der Waals surface area contributed by atoms with Gasteiger partial charge in [-0.2, -0.15) is 5.10 Å². The van der Waals surface area contributed by atoms with Gasteiger partial charge in [-0.15, -0.1) is 0 Å². The van der Waals surface area contributed by atoms with E-state index in [2.05, 4.69) is 84.2 Å². The van der Waals surface area contributed by atoms with Crippen LogP contribution in [0.15, 0.2) is 57.7 Å². The topological polar surface area (TPSA) is 24.4 Å². The molecule has 0 radical (unpaired) electrons. The van der Waals surface area contributed by atoms with E-state index >= 15 is 0 Å². The summed E-state index contributed by atoms with van der Waals surface area (Å²) in [5, 5.41) is 4.77. The van der Waals surface area contributed by atoms with Crippen LogP contribution in [0.2, 0.25) is 0 Å². The Bertz CT molecular complexity index is 631. The molecule has 1 aromatic carbocycles. The summed E-state index contributed by atoms with van der Waals surface area (Å²) in [6, 6.07) is 10.5. The number of benzene rings is 1. The van der Waals surface area contributed by atoms with Crippen molar-refractivity contribution in [1.82, 2.24) is 5.43 Å². The molecule has 0 fully saturated rings. The lowest BCUT2D eigenvalue weighted by Crippen LogP contribution is -2.32. The van der Waals surface area contributed by atoms with E-state index in [1.54, 1.807) is 0 Å². The molecule has 0 atom stereocenters. The first-order valence-electron chi connectivity index (χ1n) is 8.45. The molecule has 1 N–H and O–H groups in total. The average molecular weight is 310 g/mol. The van der Waals surface area contributed by atoms with Crippen molar-refractivity contribution in [1.29, 1.82) is 0 Å². The second kappa shape index (κ2) is 6.74. The molecular formula is C21H30N2. The predicted octanol–water partition coefficient (Wildman–Crippen LogP) is 5.47. The van der Waals surface area contributed by atoms with Crippen LogP contribution in [0, 0.1) is 5.92 Å². The molecule has 1 aromatic rings. The van der Waals surface area contributed by atoms with Crippen molar-refractivity contribution in [2.24, 2.45) is 11.0 Å². The molecule has 124 valence electrons. The van der Waals surface area contributed by atoms with Crippen LogP contribution in [0.3, 0.4) is 0 Å². The highest BCUT2D eigenvalue weighted by atomic mass is 15.3. The second-order valence-electron chi connectivity index (χ2n) is 7.66. The van der Waals surface area contributed by atoms with Crippen molar-refractivity contribution >= 4 is 5.71 Å². The number of hydrazone groups is 1. The van der Waals surface area contributed by atoms with Gasteiger partial charge in [-0.3, -0.25) is 0 Å². The quantitative estimate of drug-likeness (QED) is 0.578. The maximum Gasteiger partial charge on any atom is 0.0684 e. The lowest BCUT2D eigenvalue weighted by molar-refractivity contribution is 0.440. The number of hydrogen-bond acceptors (Lipinski definition) is 2. The van der Waals surface area contributed by atoms with Crippen molar-refractivity contribution in [2.45, 2.75) is 60.4 Å². The second-order valence-corrected chi connectivity index (χ2v) is 7.66. The average Bonchev–Trinajstić information content (AvgIpc) is 2.68. The minimum Gasteiger partial charge on any atom is -0.305 e. The van der Waals surface area contributed by atoms with Gasteiger partial charge in [0.2, 0.25) is 0 Å². The smallest absolute Gasteiger partial charge is 0.0684 e. The minimum absolute atomic E-state index is 0.0304. The van der Waals surface area contributed by atoms with Gasteiger partial charge in [0.1, 0.15) is 0 Å². The molecule has 0 saturated carbocycles. The van der Waals surface area contributed by atoms with E-state index in [0.717, 1.165) is 12.1 Å². The van der Waals surface area contributed by atoms with Gasteiger partial charge in [0.25, 0.3) is 0 Å². The van der Waals surface area contributed by atoms with Crippen LogP contribution in [0.1, 0.15) is 60.5 Å². The number of allylic oxidation sites excluding steroid dienone is 4. The van der Waals surface area contributed by atoms with Gasteiger partial charge in [0, 0.05) is 17.9 Å². The number of rotatable bonds is 4. The number of hydrogen-bond donors (Lipinski definition) is 1. The highest BCUT2D eigenvalue weighted by Gasteiger charge is 2.26. The van der Waals surface area contributed by atoms with Crippen LogP contribution < -0.4 is 5.43 Å². The molecule has 0 saturated heterocycles. The first-order valence-corrected chi connectivity index (χ1v) is 8.45. The van der Waals surface area contributed by atoms with Crippen LogP contribution in [-0.2, 0) is 0 Å². The number of nitrogens with zero attached hydrogens (tertiary/aromatic N) is 1. The zero-order valence-electron chi connectivity index (χ0n) is 15.6. The molecule has 0 heterocycles. The Balaban J connectivity index is 2.33. The molecule has 0 unspecified atom stereocenters. The third-order valence-corrected chi connectivity index (χ3v) is 4.82. The van der Waals surface area contributed by atoms with Crippen LogP contribution in [0.5, 0.6) is 0 Å². The maximum atomic E-state index is 4.77. The normalized spacial score (nSPS) is 17.3. The van der Waals surface area contributed by atoms with Crippen molar-refractivity contribution in [3.05, 3.63) is 58.2 Å². The van der Waals surface area contributed by atoms with Gasteiger partial charge in [0.05, 0.1) is 5.71 Å². The largest absolute Gasteiger partial charge is 0.305 e. The summed E-state index contributed by atoms with van der Waals surface area (Å²) in [6.07, 6.45) is 0.944. The van der Waals surface area contributed by atoms with Crippen molar-refractivity contribution in [2.75, 3.05) is 0 Å². The summed E-state index contributed by atoms with van der Waals surface area (Å²) in [6.45, 7) is 15.4. The summed E-state index contributed by atoms with van der Waals surface area (Å²) in [7, 11) is 0. The minimum atomic E-state index is -0.0304. The van der Waals surface area contributed by atoms with E-state index in [1.165, 1.54) is 27.9 Å². The van der Waals surface area contributed by atoms with Gasteiger partial charge in [-0.25, -0.2) is 0 Å². The Morgan fingerprint density at radius 2 is 1.48 bits per heavy atom. The standard InChI is InChI=1S/C21H30N2/c1-14-15(2)17(4)19(16(14)3)13-20(22-23-21(5,6)7)18-11-9-8-10-12-18/h8-12,19,23H,13H2,1-7H3. The highest BCUT2D eigenvalue weighted by molar-refractivity contribution is 6.01. The SMILES string of the molecule is CC1=C(C)C(CC(=NNC(C)(C)C)c2ccccc2)C(C)=C1C. The van der Waals surface area contributed by atoms with Crippen molar-refractivity contribution in [3.63, 3.8) is 0 Å². The van der Waals surface area contributed by atoms with Gasteiger partial charge < -0.3 is 5.43 Å². The van der Waals surface area contributed by atoms with Crippen molar-refractivity contribution in [3.8, 4) is 0 Å². The third-order valence-electron chi connectivity index (χ3n) is 4.82. The summed E-state index contributed by atoms with van der Waals surface area (Å²) in [5.74, 6) is 0.468. The Morgan fingerprint density at radius 3 is 1.96 bits per heavy atom. The van der Waals surface area contributed by atoms with E-state index in [1.807, 2.05) is 0 Å². The molecule has 0 amide bonds. The summed E-state index contributed by atoms with van der Waals surface area (Å²) in [4.78, 5) is 0. The Labute approximate surface area is 141 Å². The fourth-order valence-corrected chi connectivity index (χ4v) is 3.03. The van der Waals surface area contributed by atoms with E-state index in [-0.39, 0.29) is 5.54 Å². The molecule has 1 aliphatic rings. The molecule has 1 aliphatic carbocycles. The fourth-order valence-electron chi connectivity index (χ4n) is 3.03. The first kappa shape index (κ1) is 17.5. The molecule has 0 bridgehead atoms. The fraction of sp³-hybridized carbons (Fsp3) is 0.476. The molecule has 2 rings (SSSR count). The van der Waals surface area contributed by atoms with Crippen LogP contribution in [-0.4, -0.2) is 11.3 Å². The third kappa shape index (κ3) is 4.13. The molecule has 2 nitrogen and oxygen atoms in total. The zero-order valence-corrected chi connectivity index (χ0v) is 15.6. The van der Waals surface area contributed by atoms with Gasteiger partial charge in [0.15, 0.2) is 0 Å². The van der Waals surface area contributed by atoms with Gasteiger partial charge in [-0.1, -0.05) is 41.5 Å². The summed E-state index contributed by atoms with van der Waals surface area (Å²) >= 11 is 0. The first-order chi connectivity index (χ1) is 10.7. The lowest BCUT2D eigenvalue weighted by atomic mass is 9.89. The molecule has 23 heavy (non-hydrogen) atoms. The molecule has 0 spiro atoms. The van der Waals surface area contributed by atoms with E-state index in [4.69, 9.17) is 5.10 Å². The van der Waals surface area contributed by atoms with E-state index in [9.17, 15) is 0 Å². The Morgan fingerprint density at radius 1 is 0.957 bits per heavy atom. The van der Waals surface area contributed by atoms with Crippen LogP contribution >= 0.6 is 0 Å². The van der Waals surface area contributed by atoms with E-state index in [0.29, 0.717) is 5.92 Å². The monoisotopic (exact) mass is 310 g/mol. The molecule has 2 heteroatoms. The number of nitrogens with one attached hydrogen (secondary N) is 1. The highest BCUT2D eigenvalue weighted by Crippen LogP contribution is 2.39. The van der Waals surface area contributed by atoms with Crippen molar-refractivity contribution < 1.29 is 0 Å². The zero-order chi connectivity index (χ0) is 17.2. The molecular weight excluding hydrogens is 280 g/mol. The van der Waals surface area contributed by atoms with Crippen LogP contribution in [0.25, 0.3) is 0 Å². The molecule has 0 aliphatic heterocycles. The molecule has 0 aromatic heterocycles. The maximum absolute atomic E-state index is 4.77. The Hall–Kier alpha value is -1.83. The van der Waals surface area contributed by atoms with Gasteiger partial charge >= 0.3 is 0 Å². The van der Waals surface area contributed by atoms with Gasteiger partial charge in [-0.05, 0) is 65.2 Å². The summed E-state index contributed by atoms with van der Waals surface area (Å²) < 4.78 is 0. The summed E-state index contributed by atoms with van der Waals surface area (Å²) in [5.41, 5.74) is 11.5. The predicted molar refractivity (Wildman–Crippen MR) is 101 cm³/mol.